The lowest BCUT2D eigenvalue weighted by Gasteiger charge is -2.13. The van der Waals surface area contributed by atoms with Crippen LogP contribution in [-0.4, -0.2) is 30.1 Å². The molecule has 24 heavy (non-hydrogen) atoms. The molecule has 0 unspecified atom stereocenters. The van der Waals surface area contributed by atoms with E-state index in [0.29, 0.717) is 19.7 Å². The van der Waals surface area contributed by atoms with Crippen molar-refractivity contribution < 1.29 is 14.3 Å². The Morgan fingerprint density at radius 3 is 3.08 bits per heavy atom. The highest BCUT2D eigenvalue weighted by atomic mass is 32.1. The predicted octanol–water partition coefficient (Wildman–Crippen LogP) is 2.74. The molecule has 0 saturated carbocycles. The molecule has 3 rings (SSSR count). The van der Waals surface area contributed by atoms with Gasteiger partial charge in [0.2, 0.25) is 5.91 Å². The molecule has 6 nitrogen and oxygen atoms in total. The van der Waals surface area contributed by atoms with E-state index >= 15 is 0 Å². The van der Waals surface area contributed by atoms with Gasteiger partial charge < -0.3 is 10.1 Å². The van der Waals surface area contributed by atoms with Crippen molar-refractivity contribution in [2.45, 2.75) is 13.5 Å². The number of hydrogen-bond acceptors (Lipinski definition) is 5. The Kier molecular flexibility index (Phi) is 4.90. The maximum absolute atomic E-state index is 11.9. The summed E-state index contributed by atoms with van der Waals surface area (Å²) in [6, 6.07) is 7.48. The zero-order valence-electron chi connectivity index (χ0n) is 13.2. The molecule has 124 valence electrons. The number of amides is 2. The number of carbonyl (C=O) groups is 2. The molecule has 1 N–H and O–H groups in total. The van der Waals surface area contributed by atoms with E-state index in [1.165, 1.54) is 6.08 Å². The van der Waals surface area contributed by atoms with Crippen molar-refractivity contribution in [3.05, 3.63) is 52.0 Å². The summed E-state index contributed by atoms with van der Waals surface area (Å²) in [4.78, 5) is 29.3. The lowest BCUT2D eigenvalue weighted by Crippen LogP contribution is -2.24. The zero-order valence-corrected chi connectivity index (χ0v) is 14.0. The van der Waals surface area contributed by atoms with Gasteiger partial charge in [-0.15, -0.1) is 11.3 Å². The van der Waals surface area contributed by atoms with Gasteiger partial charge in [0, 0.05) is 23.7 Å². The minimum Gasteiger partial charge on any atom is -0.447 e. The Hall–Kier alpha value is -2.67. The summed E-state index contributed by atoms with van der Waals surface area (Å²) in [5, 5.41) is 5.69. The van der Waals surface area contributed by atoms with Crippen molar-refractivity contribution in [2.75, 3.05) is 18.1 Å². The molecule has 0 atom stereocenters. The minimum absolute atomic E-state index is 0.188. The quantitative estimate of drug-likeness (QED) is 0.848. The number of rotatable bonds is 5. The first-order valence-corrected chi connectivity index (χ1v) is 8.41. The van der Waals surface area contributed by atoms with Crippen LogP contribution in [0.25, 0.3) is 6.08 Å². The van der Waals surface area contributed by atoms with Crippen LogP contribution in [0.3, 0.4) is 0 Å². The number of nitrogens with one attached hydrogen (secondary N) is 1. The van der Waals surface area contributed by atoms with Crippen LogP contribution in [-0.2, 0) is 16.1 Å². The van der Waals surface area contributed by atoms with Crippen molar-refractivity contribution in [3.8, 4) is 0 Å². The van der Waals surface area contributed by atoms with E-state index in [1.54, 1.807) is 22.3 Å². The Labute approximate surface area is 143 Å². The standard InChI is InChI=1S/C17H17N3O3S/c1-12-19-14(11-24-12)5-6-16(21)18-10-13-3-2-4-15(9-13)20-7-8-23-17(20)22/h2-6,9,11H,7-8,10H2,1H3,(H,18,21)/b6-5-. The summed E-state index contributed by atoms with van der Waals surface area (Å²) in [6.07, 6.45) is 2.82. The van der Waals surface area contributed by atoms with E-state index in [4.69, 9.17) is 4.74 Å². The number of nitrogens with zero attached hydrogens (tertiary/aromatic N) is 2. The SMILES string of the molecule is Cc1nc(/C=C\C(=O)NCc2cccc(N3CCOC3=O)c2)cs1. The van der Waals surface area contributed by atoms with Crippen LogP contribution in [0.2, 0.25) is 0 Å². The molecule has 1 saturated heterocycles. The second-order valence-corrected chi connectivity index (χ2v) is 6.34. The molecule has 1 aliphatic heterocycles. The Bertz CT molecular complexity index is 785. The number of cyclic esters (lactones) is 1. The zero-order chi connectivity index (χ0) is 16.9. The number of aryl methyl sites for hydroxylation is 1. The van der Waals surface area contributed by atoms with Crippen molar-refractivity contribution in [1.82, 2.24) is 10.3 Å². The molecule has 0 aliphatic carbocycles. The maximum Gasteiger partial charge on any atom is 0.414 e. The second kappa shape index (κ2) is 7.27. The average Bonchev–Trinajstić information content (AvgIpc) is 3.19. The third-order valence-corrected chi connectivity index (χ3v) is 4.28. The number of benzene rings is 1. The Balaban J connectivity index is 1.57. The van der Waals surface area contributed by atoms with Crippen LogP contribution in [0.1, 0.15) is 16.3 Å². The lowest BCUT2D eigenvalue weighted by molar-refractivity contribution is -0.116. The number of thiazole rings is 1. The van der Waals surface area contributed by atoms with Gasteiger partial charge in [0.15, 0.2) is 0 Å². The largest absolute Gasteiger partial charge is 0.447 e. The molecule has 0 bridgehead atoms. The van der Waals surface area contributed by atoms with Crippen LogP contribution in [0.5, 0.6) is 0 Å². The monoisotopic (exact) mass is 343 g/mol. The van der Waals surface area contributed by atoms with Gasteiger partial charge in [0.05, 0.1) is 17.2 Å². The van der Waals surface area contributed by atoms with E-state index in [2.05, 4.69) is 10.3 Å². The van der Waals surface area contributed by atoms with E-state index in [-0.39, 0.29) is 12.0 Å². The molecule has 1 aromatic heterocycles. The van der Waals surface area contributed by atoms with Gasteiger partial charge >= 0.3 is 6.09 Å². The Morgan fingerprint density at radius 2 is 2.38 bits per heavy atom. The van der Waals surface area contributed by atoms with E-state index in [0.717, 1.165) is 22.0 Å². The number of aromatic nitrogens is 1. The molecule has 7 heteroatoms. The third kappa shape index (κ3) is 3.99. The van der Waals surface area contributed by atoms with Gasteiger partial charge in [-0.2, -0.15) is 0 Å². The van der Waals surface area contributed by atoms with Crippen molar-refractivity contribution in [1.29, 1.82) is 0 Å². The van der Waals surface area contributed by atoms with Gasteiger partial charge in [0.1, 0.15) is 6.61 Å². The van der Waals surface area contributed by atoms with Gasteiger partial charge in [-0.05, 0) is 30.7 Å². The first-order valence-electron chi connectivity index (χ1n) is 7.53. The number of ether oxygens (including phenoxy) is 1. The minimum atomic E-state index is -0.335. The lowest BCUT2D eigenvalue weighted by atomic mass is 10.2. The fraction of sp³-hybridized carbons (Fsp3) is 0.235. The van der Waals surface area contributed by atoms with Gasteiger partial charge in [-0.25, -0.2) is 9.78 Å². The fourth-order valence-corrected chi connectivity index (χ4v) is 2.91. The normalized spacial score (nSPS) is 14.2. The van der Waals surface area contributed by atoms with Crippen LogP contribution in [0.4, 0.5) is 10.5 Å². The smallest absolute Gasteiger partial charge is 0.414 e. The van der Waals surface area contributed by atoms with Gasteiger partial charge in [0.25, 0.3) is 0 Å². The van der Waals surface area contributed by atoms with Crippen LogP contribution in [0.15, 0.2) is 35.7 Å². The van der Waals surface area contributed by atoms with E-state index in [9.17, 15) is 9.59 Å². The highest BCUT2D eigenvalue weighted by molar-refractivity contribution is 7.09. The first kappa shape index (κ1) is 16.2. The summed E-state index contributed by atoms with van der Waals surface area (Å²) in [5.41, 5.74) is 2.47. The maximum atomic E-state index is 11.9. The number of carbonyl (C=O) groups excluding carboxylic acids is 2. The predicted molar refractivity (Wildman–Crippen MR) is 92.9 cm³/mol. The summed E-state index contributed by atoms with van der Waals surface area (Å²) in [5.74, 6) is -0.188. The molecule has 1 aliphatic rings. The fourth-order valence-electron chi connectivity index (χ4n) is 2.33. The molecule has 1 aromatic carbocycles. The second-order valence-electron chi connectivity index (χ2n) is 5.28. The summed E-state index contributed by atoms with van der Waals surface area (Å²) < 4.78 is 4.94. The summed E-state index contributed by atoms with van der Waals surface area (Å²) >= 11 is 1.54. The summed E-state index contributed by atoms with van der Waals surface area (Å²) in [6.45, 7) is 3.26. The Morgan fingerprint density at radius 1 is 1.50 bits per heavy atom. The van der Waals surface area contributed by atoms with E-state index < -0.39 is 0 Å². The highest BCUT2D eigenvalue weighted by Crippen LogP contribution is 2.19. The molecular weight excluding hydrogens is 326 g/mol. The van der Waals surface area contributed by atoms with Crippen molar-refractivity contribution in [2.24, 2.45) is 0 Å². The van der Waals surface area contributed by atoms with Gasteiger partial charge in [-0.1, -0.05) is 12.1 Å². The highest BCUT2D eigenvalue weighted by Gasteiger charge is 2.23. The van der Waals surface area contributed by atoms with Crippen LogP contribution < -0.4 is 10.2 Å². The van der Waals surface area contributed by atoms with Crippen LogP contribution in [0, 0.1) is 6.92 Å². The third-order valence-electron chi connectivity index (χ3n) is 3.49. The van der Waals surface area contributed by atoms with Crippen LogP contribution >= 0.6 is 11.3 Å². The molecule has 2 aromatic rings. The van der Waals surface area contributed by atoms with E-state index in [1.807, 2.05) is 36.6 Å². The molecular formula is C17H17N3O3S. The van der Waals surface area contributed by atoms with Crippen molar-refractivity contribution >= 4 is 35.1 Å². The summed E-state index contributed by atoms with van der Waals surface area (Å²) in [7, 11) is 0. The van der Waals surface area contributed by atoms with Crippen molar-refractivity contribution in [3.63, 3.8) is 0 Å². The molecule has 1 fully saturated rings. The first-order chi connectivity index (χ1) is 11.6. The number of anilines is 1. The molecule has 2 amide bonds. The molecule has 0 spiro atoms. The molecule has 2 heterocycles. The van der Waals surface area contributed by atoms with Gasteiger partial charge in [-0.3, -0.25) is 9.69 Å². The number of hydrogen-bond donors (Lipinski definition) is 1. The molecule has 0 radical (unpaired) electrons. The average molecular weight is 343 g/mol. The topological polar surface area (TPSA) is 71.5 Å².